The maximum atomic E-state index is 12.0. The van der Waals surface area contributed by atoms with Crippen molar-refractivity contribution >= 4 is 21.6 Å². The largest absolute Gasteiger partial charge is 0.308 e. The molecule has 1 atom stereocenters. The Morgan fingerprint density at radius 2 is 2.00 bits per heavy atom. The smallest absolute Gasteiger partial charge is 0.228 e. The van der Waals surface area contributed by atoms with E-state index in [0.29, 0.717) is 12.2 Å². The summed E-state index contributed by atoms with van der Waals surface area (Å²) in [6.07, 6.45) is 3.21. The van der Waals surface area contributed by atoms with Gasteiger partial charge in [-0.15, -0.1) is 0 Å². The van der Waals surface area contributed by atoms with Crippen LogP contribution in [-0.4, -0.2) is 35.9 Å². The Morgan fingerprint density at radius 3 is 2.64 bits per heavy atom. The third kappa shape index (κ3) is 3.02. The van der Waals surface area contributed by atoms with Crippen molar-refractivity contribution in [1.82, 2.24) is 9.78 Å². The Hall–Kier alpha value is -2.19. The van der Waals surface area contributed by atoms with Crippen LogP contribution in [0.25, 0.3) is 0 Å². The van der Waals surface area contributed by atoms with Gasteiger partial charge in [0.15, 0.2) is 0 Å². The Balaban J connectivity index is 1.75. The number of benzene rings is 1. The summed E-state index contributed by atoms with van der Waals surface area (Å²) in [4.78, 5) is 13.4. The zero-order chi connectivity index (χ0) is 15.7. The molecular formula is C14H16N4O3S. The van der Waals surface area contributed by atoms with Crippen LogP contribution in [0.3, 0.4) is 0 Å². The Bertz CT molecular complexity index is 785. The monoisotopic (exact) mass is 320 g/mol. The number of aromatic nitrogens is 2. The number of primary sulfonamides is 1. The van der Waals surface area contributed by atoms with E-state index in [1.165, 1.54) is 4.90 Å². The van der Waals surface area contributed by atoms with Gasteiger partial charge in [0.25, 0.3) is 0 Å². The highest BCUT2D eigenvalue weighted by molar-refractivity contribution is 7.89. The fraction of sp³-hybridized carbons (Fsp3) is 0.286. The van der Waals surface area contributed by atoms with Crippen LogP contribution in [-0.2, 0) is 21.4 Å². The van der Waals surface area contributed by atoms with Crippen molar-refractivity contribution in [2.45, 2.75) is 18.2 Å². The molecule has 0 aliphatic carbocycles. The van der Waals surface area contributed by atoms with Gasteiger partial charge >= 0.3 is 0 Å². The summed E-state index contributed by atoms with van der Waals surface area (Å²) < 4.78 is 24.5. The number of hydrogen-bond donors (Lipinski definition) is 1. The standard InChI is InChI=1S/C14H16N4O3S/c15-22(20,21)13-6-14(19)18(10-13)12-7-16-17(9-12)8-11-4-2-1-3-5-11/h1-5,7,9,13H,6,8,10H2,(H2,15,20,21). The first-order valence-corrected chi connectivity index (χ1v) is 8.43. The molecule has 0 bridgehead atoms. The highest BCUT2D eigenvalue weighted by Crippen LogP contribution is 2.23. The van der Waals surface area contributed by atoms with Crippen LogP contribution in [0.5, 0.6) is 0 Å². The number of hydrogen-bond acceptors (Lipinski definition) is 4. The predicted molar refractivity (Wildman–Crippen MR) is 81.6 cm³/mol. The molecule has 1 amide bonds. The highest BCUT2D eigenvalue weighted by atomic mass is 32.2. The van der Waals surface area contributed by atoms with Crippen molar-refractivity contribution in [2.24, 2.45) is 5.14 Å². The molecule has 3 rings (SSSR count). The number of amides is 1. The van der Waals surface area contributed by atoms with Crippen LogP contribution in [0.15, 0.2) is 42.7 Å². The lowest BCUT2D eigenvalue weighted by Gasteiger charge is -2.13. The maximum absolute atomic E-state index is 12.0. The number of carbonyl (C=O) groups is 1. The van der Waals surface area contributed by atoms with Crippen LogP contribution in [0.4, 0.5) is 5.69 Å². The number of carbonyl (C=O) groups excluding carboxylic acids is 1. The van der Waals surface area contributed by atoms with Gasteiger partial charge in [-0.1, -0.05) is 30.3 Å². The molecule has 1 aromatic carbocycles. The van der Waals surface area contributed by atoms with Crippen molar-refractivity contribution in [3.8, 4) is 0 Å². The second-order valence-electron chi connectivity index (χ2n) is 5.30. The van der Waals surface area contributed by atoms with E-state index in [0.717, 1.165) is 5.56 Å². The third-order valence-corrected chi connectivity index (χ3v) is 4.92. The number of nitrogens with zero attached hydrogens (tertiary/aromatic N) is 3. The molecule has 2 N–H and O–H groups in total. The molecule has 1 saturated heterocycles. The molecule has 2 aromatic rings. The summed E-state index contributed by atoms with van der Waals surface area (Å²) in [6.45, 7) is 0.663. The van der Waals surface area contributed by atoms with Crippen molar-refractivity contribution < 1.29 is 13.2 Å². The minimum Gasteiger partial charge on any atom is -0.308 e. The predicted octanol–water partition coefficient (Wildman–Crippen LogP) is 0.325. The number of sulfonamides is 1. The molecule has 1 aliphatic heterocycles. The Kier molecular flexibility index (Phi) is 3.71. The van der Waals surface area contributed by atoms with Gasteiger partial charge in [0.2, 0.25) is 15.9 Å². The second kappa shape index (κ2) is 5.54. The summed E-state index contributed by atoms with van der Waals surface area (Å²) in [6, 6.07) is 9.80. The molecule has 0 spiro atoms. The van der Waals surface area contributed by atoms with Gasteiger partial charge < -0.3 is 4.90 Å². The molecule has 7 nitrogen and oxygen atoms in total. The average molecular weight is 320 g/mol. The van der Waals surface area contributed by atoms with Gasteiger partial charge in [0.05, 0.1) is 18.4 Å². The molecular weight excluding hydrogens is 304 g/mol. The normalized spacial score (nSPS) is 18.9. The van der Waals surface area contributed by atoms with Crippen LogP contribution < -0.4 is 10.0 Å². The molecule has 0 saturated carbocycles. The van der Waals surface area contributed by atoms with Crippen molar-refractivity contribution in [3.05, 3.63) is 48.3 Å². The Morgan fingerprint density at radius 1 is 1.27 bits per heavy atom. The van der Waals surface area contributed by atoms with E-state index in [9.17, 15) is 13.2 Å². The molecule has 1 aromatic heterocycles. The summed E-state index contributed by atoms with van der Waals surface area (Å²) in [5.74, 6) is -0.252. The first-order valence-electron chi connectivity index (χ1n) is 6.82. The van der Waals surface area contributed by atoms with Gasteiger partial charge in [-0.05, 0) is 5.56 Å². The highest BCUT2D eigenvalue weighted by Gasteiger charge is 2.37. The minimum atomic E-state index is -3.71. The number of rotatable bonds is 4. The first-order chi connectivity index (χ1) is 10.4. The van der Waals surface area contributed by atoms with E-state index in [1.54, 1.807) is 17.1 Å². The Labute approximate surface area is 128 Å². The number of nitrogens with two attached hydrogens (primary N) is 1. The fourth-order valence-electron chi connectivity index (χ4n) is 2.49. The van der Waals surface area contributed by atoms with Gasteiger partial charge in [-0.25, -0.2) is 13.6 Å². The van der Waals surface area contributed by atoms with Crippen LogP contribution in [0, 0.1) is 0 Å². The van der Waals surface area contributed by atoms with Crippen LogP contribution in [0.1, 0.15) is 12.0 Å². The summed E-state index contributed by atoms with van der Waals surface area (Å²) in [7, 11) is -3.71. The lowest BCUT2D eigenvalue weighted by Crippen LogP contribution is -2.32. The first kappa shape index (κ1) is 14.7. The summed E-state index contributed by atoms with van der Waals surface area (Å²) in [5.41, 5.74) is 1.68. The van der Waals surface area contributed by atoms with Gasteiger partial charge in [-0.3, -0.25) is 9.48 Å². The van der Waals surface area contributed by atoms with Crippen molar-refractivity contribution in [3.63, 3.8) is 0 Å². The van der Waals surface area contributed by atoms with Gasteiger partial charge in [0.1, 0.15) is 5.25 Å². The molecule has 22 heavy (non-hydrogen) atoms. The topological polar surface area (TPSA) is 98.3 Å². The minimum absolute atomic E-state index is 0.0781. The number of anilines is 1. The molecule has 1 aliphatic rings. The van der Waals surface area contributed by atoms with E-state index in [-0.39, 0.29) is 18.9 Å². The van der Waals surface area contributed by atoms with Crippen molar-refractivity contribution in [2.75, 3.05) is 11.4 Å². The summed E-state index contributed by atoms with van der Waals surface area (Å²) in [5, 5.41) is 8.49. The molecule has 1 unspecified atom stereocenters. The van der Waals surface area contributed by atoms with Crippen LogP contribution in [0.2, 0.25) is 0 Å². The van der Waals surface area contributed by atoms with E-state index >= 15 is 0 Å². The van der Waals surface area contributed by atoms with Gasteiger partial charge in [-0.2, -0.15) is 5.10 Å². The molecule has 1 fully saturated rings. The SMILES string of the molecule is NS(=O)(=O)C1CC(=O)N(c2cnn(Cc3ccccc3)c2)C1. The zero-order valence-corrected chi connectivity index (χ0v) is 12.6. The maximum Gasteiger partial charge on any atom is 0.228 e. The van der Waals surface area contributed by atoms with E-state index < -0.39 is 15.3 Å². The molecule has 0 radical (unpaired) electrons. The third-order valence-electron chi connectivity index (χ3n) is 3.67. The fourth-order valence-corrected chi connectivity index (χ4v) is 3.23. The van der Waals surface area contributed by atoms with E-state index in [1.807, 2.05) is 30.3 Å². The average Bonchev–Trinajstić information content (AvgIpc) is 3.06. The van der Waals surface area contributed by atoms with Gasteiger partial charge in [0, 0.05) is 19.2 Å². The van der Waals surface area contributed by atoms with Crippen molar-refractivity contribution in [1.29, 1.82) is 0 Å². The lowest BCUT2D eigenvalue weighted by molar-refractivity contribution is -0.117. The molecule has 116 valence electrons. The van der Waals surface area contributed by atoms with E-state index in [2.05, 4.69) is 5.10 Å². The second-order valence-corrected chi connectivity index (χ2v) is 7.15. The lowest BCUT2D eigenvalue weighted by atomic mass is 10.2. The summed E-state index contributed by atoms with van der Waals surface area (Å²) >= 11 is 0. The van der Waals surface area contributed by atoms with Crippen LogP contribution >= 0.6 is 0 Å². The quantitative estimate of drug-likeness (QED) is 0.877. The molecule has 2 heterocycles. The molecule has 8 heteroatoms. The zero-order valence-electron chi connectivity index (χ0n) is 11.8. The van der Waals surface area contributed by atoms with E-state index in [4.69, 9.17) is 5.14 Å².